The lowest BCUT2D eigenvalue weighted by Gasteiger charge is -2.35. The molecule has 0 saturated heterocycles. The van der Waals surface area contributed by atoms with E-state index in [0.717, 1.165) is 53.1 Å². The van der Waals surface area contributed by atoms with E-state index in [0.29, 0.717) is 16.3 Å². The number of methoxy groups -OCH3 is 1. The van der Waals surface area contributed by atoms with Gasteiger partial charge in [0.15, 0.2) is 0 Å². The predicted molar refractivity (Wildman–Crippen MR) is 194 cm³/mol. The second-order valence-electron chi connectivity index (χ2n) is 12.6. The second-order valence-corrected chi connectivity index (χ2v) is 14.9. The molecule has 0 bridgehead atoms. The molecule has 1 aliphatic carbocycles. The lowest BCUT2D eigenvalue weighted by atomic mass is 9.94. The van der Waals surface area contributed by atoms with Crippen molar-refractivity contribution in [2.24, 2.45) is 0 Å². The summed E-state index contributed by atoms with van der Waals surface area (Å²) in [5, 5.41) is 3.61. The van der Waals surface area contributed by atoms with Gasteiger partial charge in [0.1, 0.15) is 18.3 Å². The first-order chi connectivity index (χ1) is 23.6. The number of halogens is 1. The zero-order chi connectivity index (χ0) is 35.0. The molecule has 4 aromatic carbocycles. The van der Waals surface area contributed by atoms with Crippen LogP contribution in [0.1, 0.15) is 54.4 Å². The third-order valence-corrected chi connectivity index (χ3v) is 11.3. The Morgan fingerprint density at radius 3 is 2.24 bits per heavy atom. The second kappa shape index (κ2) is 16.4. The fourth-order valence-corrected chi connectivity index (χ4v) is 7.92. The van der Waals surface area contributed by atoms with Crippen molar-refractivity contribution >= 4 is 39.1 Å². The number of rotatable bonds is 13. The molecule has 1 atom stereocenters. The van der Waals surface area contributed by atoms with Crippen molar-refractivity contribution in [2.45, 2.75) is 75.9 Å². The van der Waals surface area contributed by atoms with Gasteiger partial charge in [0.2, 0.25) is 11.8 Å². The summed E-state index contributed by atoms with van der Waals surface area (Å²) in [6.45, 7) is 3.10. The van der Waals surface area contributed by atoms with Gasteiger partial charge < -0.3 is 15.0 Å². The van der Waals surface area contributed by atoms with Crippen LogP contribution in [0, 0.1) is 13.8 Å². The van der Waals surface area contributed by atoms with E-state index in [4.69, 9.17) is 16.3 Å². The van der Waals surface area contributed by atoms with Crippen molar-refractivity contribution in [3.8, 4) is 5.75 Å². The van der Waals surface area contributed by atoms with E-state index >= 15 is 0 Å². The van der Waals surface area contributed by atoms with Gasteiger partial charge in [-0.25, -0.2) is 8.42 Å². The Morgan fingerprint density at radius 2 is 1.55 bits per heavy atom. The quantitative estimate of drug-likeness (QED) is 0.159. The van der Waals surface area contributed by atoms with E-state index < -0.39 is 28.5 Å². The summed E-state index contributed by atoms with van der Waals surface area (Å²) >= 11 is 6.50. The highest BCUT2D eigenvalue weighted by Crippen LogP contribution is 2.32. The summed E-state index contributed by atoms with van der Waals surface area (Å²) in [5.41, 5.74) is 3.32. The molecule has 1 saturated carbocycles. The minimum atomic E-state index is -4.24. The monoisotopic (exact) mass is 701 g/mol. The molecule has 258 valence electrons. The zero-order valence-corrected chi connectivity index (χ0v) is 29.8. The van der Waals surface area contributed by atoms with Crippen LogP contribution in [0.5, 0.6) is 5.75 Å². The Bertz CT molecular complexity index is 1840. The minimum absolute atomic E-state index is 0.0146. The summed E-state index contributed by atoms with van der Waals surface area (Å²) in [4.78, 5) is 30.7. The molecule has 1 aliphatic rings. The normalized spacial score (nSPS) is 14.1. The van der Waals surface area contributed by atoms with Gasteiger partial charge in [-0.2, -0.15) is 0 Å². The molecule has 0 radical (unpaired) electrons. The van der Waals surface area contributed by atoms with Crippen molar-refractivity contribution in [1.29, 1.82) is 0 Å². The van der Waals surface area contributed by atoms with Crippen molar-refractivity contribution in [1.82, 2.24) is 10.2 Å². The standard InChI is InChI=1S/C39H44ClN3O5S/c1-28-20-22-34(23-21-28)49(46,47)43(36-19-11-18-35(40)29(36)2)27-38(44)42(26-31-14-10-17-33(24-31)48-3)37(25-30-12-6-4-7-13-30)39(45)41-32-15-8-5-9-16-32/h4,6-7,10-14,17-24,32,37H,5,8-9,15-16,25-27H2,1-3H3,(H,41,45). The predicted octanol–water partition coefficient (Wildman–Crippen LogP) is 7.25. The number of carbonyl (C=O) groups is 2. The summed E-state index contributed by atoms with van der Waals surface area (Å²) in [6, 6.07) is 27.5. The lowest BCUT2D eigenvalue weighted by Crippen LogP contribution is -2.55. The molecule has 4 aromatic rings. The largest absolute Gasteiger partial charge is 0.497 e. The molecule has 5 rings (SSSR count). The Morgan fingerprint density at radius 1 is 0.878 bits per heavy atom. The summed E-state index contributed by atoms with van der Waals surface area (Å²) < 4.78 is 35.3. The molecule has 49 heavy (non-hydrogen) atoms. The minimum Gasteiger partial charge on any atom is -0.497 e. The van der Waals surface area contributed by atoms with E-state index in [-0.39, 0.29) is 35.5 Å². The van der Waals surface area contributed by atoms with Crippen LogP contribution in [-0.4, -0.2) is 50.9 Å². The first kappa shape index (κ1) is 36.0. The van der Waals surface area contributed by atoms with Crippen LogP contribution < -0.4 is 14.4 Å². The first-order valence-corrected chi connectivity index (χ1v) is 18.5. The Balaban J connectivity index is 1.59. The third-order valence-electron chi connectivity index (χ3n) is 9.11. The number of ether oxygens (including phenoxy) is 1. The number of nitrogens with one attached hydrogen (secondary N) is 1. The lowest BCUT2D eigenvalue weighted by molar-refractivity contribution is -0.140. The number of benzene rings is 4. The number of hydrogen-bond donors (Lipinski definition) is 1. The highest BCUT2D eigenvalue weighted by molar-refractivity contribution is 7.92. The van der Waals surface area contributed by atoms with Gasteiger partial charge in [-0.3, -0.25) is 13.9 Å². The van der Waals surface area contributed by atoms with E-state index in [1.165, 1.54) is 17.0 Å². The number of anilines is 1. The van der Waals surface area contributed by atoms with E-state index in [2.05, 4.69) is 5.32 Å². The van der Waals surface area contributed by atoms with Crippen LogP contribution in [0.15, 0.2) is 102 Å². The van der Waals surface area contributed by atoms with Crippen LogP contribution in [-0.2, 0) is 32.6 Å². The van der Waals surface area contributed by atoms with Crippen LogP contribution in [0.2, 0.25) is 5.02 Å². The van der Waals surface area contributed by atoms with Crippen LogP contribution in [0.25, 0.3) is 0 Å². The first-order valence-electron chi connectivity index (χ1n) is 16.7. The molecule has 0 aromatic heterocycles. The maximum absolute atomic E-state index is 14.8. The van der Waals surface area contributed by atoms with Crippen molar-refractivity contribution < 1.29 is 22.7 Å². The van der Waals surface area contributed by atoms with Crippen molar-refractivity contribution in [2.75, 3.05) is 18.0 Å². The number of carbonyl (C=O) groups excluding carboxylic acids is 2. The molecular weight excluding hydrogens is 658 g/mol. The fraction of sp³-hybridized carbons (Fsp3) is 0.333. The molecule has 10 heteroatoms. The van der Waals surface area contributed by atoms with Gasteiger partial charge >= 0.3 is 0 Å². The average molecular weight is 702 g/mol. The van der Waals surface area contributed by atoms with Crippen LogP contribution >= 0.6 is 11.6 Å². The maximum atomic E-state index is 14.8. The molecule has 1 N–H and O–H groups in total. The van der Waals surface area contributed by atoms with E-state index in [1.54, 1.807) is 44.4 Å². The van der Waals surface area contributed by atoms with Gasteiger partial charge in [0.25, 0.3) is 10.0 Å². The zero-order valence-electron chi connectivity index (χ0n) is 28.3. The Labute approximate surface area is 295 Å². The number of hydrogen-bond acceptors (Lipinski definition) is 5. The number of aryl methyl sites for hydroxylation is 1. The van der Waals surface area contributed by atoms with Crippen molar-refractivity contribution in [3.05, 3.63) is 124 Å². The van der Waals surface area contributed by atoms with E-state index in [9.17, 15) is 18.0 Å². The van der Waals surface area contributed by atoms with Gasteiger partial charge in [0.05, 0.1) is 17.7 Å². The fourth-order valence-electron chi connectivity index (χ4n) is 6.28. The van der Waals surface area contributed by atoms with Gasteiger partial charge in [-0.15, -0.1) is 0 Å². The van der Waals surface area contributed by atoms with Crippen LogP contribution in [0.3, 0.4) is 0 Å². The summed E-state index contributed by atoms with van der Waals surface area (Å²) in [7, 11) is -2.67. The number of amides is 2. The molecule has 2 amide bonds. The van der Waals surface area contributed by atoms with Crippen molar-refractivity contribution in [3.63, 3.8) is 0 Å². The summed E-state index contributed by atoms with van der Waals surface area (Å²) in [6.07, 6.45) is 5.20. The average Bonchev–Trinajstić information content (AvgIpc) is 3.11. The van der Waals surface area contributed by atoms with Gasteiger partial charge in [-0.1, -0.05) is 97.1 Å². The number of nitrogens with zero attached hydrogens (tertiary/aromatic N) is 2. The Kier molecular flexibility index (Phi) is 12.0. The molecule has 1 fully saturated rings. The third kappa shape index (κ3) is 9.02. The van der Waals surface area contributed by atoms with E-state index in [1.807, 2.05) is 61.5 Å². The molecule has 8 nitrogen and oxygen atoms in total. The molecule has 1 unspecified atom stereocenters. The summed E-state index contributed by atoms with van der Waals surface area (Å²) in [5.74, 6) is -0.189. The molecule has 0 spiro atoms. The van der Waals surface area contributed by atoms with Crippen LogP contribution in [0.4, 0.5) is 5.69 Å². The highest BCUT2D eigenvalue weighted by Gasteiger charge is 2.36. The Hall–Kier alpha value is -4.34. The van der Waals surface area contributed by atoms with Gasteiger partial charge in [0, 0.05) is 24.0 Å². The smallest absolute Gasteiger partial charge is 0.264 e. The van der Waals surface area contributed by atoms with Gasteiger partial charge in [-0.05, 0) is 79.8 Å². The maximum Gasteiger partial charge on any atom is 0.264 e. The topological polar surface area (TPSA) is 96.0 Å². The molecular formula is C39H44ClN3O5S. The molecule has 0 heterocycles. The molecule has 0 aliphatic heterocycles. The highest BCUT2D eigenvalue weighted by atomic mass is 35.5. The number of sulfonamides is 1. The SMILES string of the molecule is COc1cccc(CN(C(=O)CN(c2cccc(Cl)c2C)S(=O)(=O)c2ccc(C)cc2)C(Cc2ccccc2)C(=O)NC2CCCCC2)c1.